The van der Waals surface area contributed by atoms with Crippen molar-refractivity contribution in [3.8, 4) is 23.1 Å². The number of rotatable bonds is 3. The van der Waals surface area contributed by atoms with Crippen LogP contribution in [0.2, 0.25) is 0 Å². The zero-order chi connectivity index (χ0) is 23.2. The molecule has 168 valence electrons. The number of nitrogens with zero attached hydrogens (tertiary/aromatic N) is 7. The minimum Gasteiger partial charge on any atom is -0.370 e. The van der Waals surface area contributed by atoms with Gasteiger partial charge in [-0.1, -0.05) is 0 Å². The number of aromatic nitrogens is 5. The summed E-state index contributed by atoms with van der Waals surface area (Å²) in [6.07, 6.45) is 9.10. The molecule has 1 aliphatic heterocycles. The lowest BCUT2D eigenvalue weighted by Crippen LogP contribution is -2.29. The molecule has 8 heteroatoms. The molecule has 34 heavy (non-hydrogen) atoms. The predicted molar refractivity (Wildman–Crippen MR) is 129 cm³/mol. The van der Waals surface area contributed by atoms with Gasteiger partial charge in [-0.2, -0.15) is 5.26 Å². The van der Waals surface area contributed by atoms with Crippen molar-refractivity contribution in [2.45, 2.75) is 19.3 Å². The highest BCUT2D eigenvalue weighted by molar-refractivity contribution is 5.91. The van der Waals surface area contributed by atoms with Crippen LogP contribution in [0.3, 0.4) is 0 Å². The number of hydrogen-bond donors (Lipinski definition) is 0. The Morgan fingerprint density at radius 1 is 1.00 bits per heavy atom. The first kappa shape index (κ1) is 20.4. The highest BCUT2D eigenvalue weighted by atomic mass is 19.1. The molecule has 7 nitrogen and oxygen atoms in total. The summed E-state index contributed by atoms with van der Waals surface area (Å²) in [5, 5.41) is 10.2. The number of halogens is 1. The van der Waals surface area contributed by atoms with Crippen LogP contribution in [0.1, 0.15) is 24.8 Å². The van der Waals surface area contributed by atoms with Gasteiger partial charge in [0.1, 0.15) is 28.9 Å². The van der Waals surface area contributed by atoms with Gasteiger partial charge in [0.25, 0.3) is 0 Å². The topological polar surface area (TPSA) is 75.6 Å². The van der Waals surface area contributed by atoms with Gasteiger partial charge in [-0.15, -0.1) is 0 Å². The first-order valence-corrected chi connectivity index (χ1v) is 11.4. The Morgan fingerprint density at radius 2 is 1.85 bits per heavy atom. The monoisotopic (exact) mass is 451 g/mol. The van der Waals surface area contributed by atoms with Crippen molar-refractivity contribution >= 4 is 27.9 Å². The van der Waals surface area contributed by atoms with E-state index in [1.165, 1.54) is 18.6 Å². The number of aryl methyl sites for hydroxylation is 1. The quantitative estimate of drug-likeness (QED) is 0.387. The van der Waals surface area contributed by atoms with Crippen LogP contribution in [-0.2, 0) is 7.05 Å². The third-order valence-electron chi connectivity index (χ3n) is 6.52. The number of nitriles is 1. The van der Waals surface area contributed by atoms with E-state index in [0.29, 0.717) is 17.0 Å². The summed E-state index contributed by atoms with van der Waals surface area (Å²) in [5.41, 5.74) is 4.76. The van der Waals surface area contributed by atoms with Gasteiger partial charge in [-0.3, -0.25) is 4.57 Å². The molecule has 0 bridgehead atoms. The lowest BCUT2D eigenvalue weighted by Gasteiger charge is -2.28. The van der Waals surface area contributed by atoms with Crippen LogP contribution < -0.4 is 4.90 Å². The number of piperidine rings is 1. The predicted octanol–water partition coefficient (Wildman–Crippen LogP) is 4.98. The minimum atomic E-state index is -0.570. The van der Waals surface area contributed by atoms with Gasteiger partial charge >= 0.3 is 0 Å². The molecule has 0 unspecified atom stereocenters. The number of pyridine rings is 2. The maximum atomic E-state index is 14.6. The first-order valence-electron chi connectivity index (χ1n) is 11.4. The SMILES string of the molecule is Cn1ccc2cc(-n3c(-c4ccc(C#N)c(F)c4)nc4c(N5CCCCC5)ccnc43)cnc21. The average Bonchev–Trinajstić information content (AvgIpc) is 3.45. The molecule has 0 aliphatic carbocycles. The Hall–Kier alpha value is -4.25. The van der Waals surface area contributed by atoms with E-state index in [1.807, 2.05) is 52.8 Å². The van der Waals surface area contributed by atoms with E-state index in [4.69, 9.17) is 9.97 Å². The third kappa shape index (κ3) is 3.20. The second-order valence-corrected chi connectivity index (χ2v) is 8.66. The number of hydrogen-bond acceptors (Lipinski definition) is 5. The van der Waals surface area contributed by atoms with Gasteiger partial charge in [-0.25, -0.2) is 19.3 Å². The molecule has 0 N–H and O–H groups in total. The van der Waals surface area contributed by atoms with Gasteiger partial charge < -0.3 is 9.47 Å². The van der Waals surface area contributed by atoms with Crippen LogP contribution in [0.25, 0.3) is 39.3 Å². The molecule has 6 rings (SSSR count). The summed E-state index contributed by atoms with van der Waals surface area (Å²) in [4.78, 5) is 16.7. The molecule has 1 saturated heterocycles. The van der Waals surface area contributed by atoms with Gasteiger partial charge in [-0.05, 0) is 55.7 Å². The van der Waals surface area contributed by atoms with E-state index in [-0.39, 0.29) is 5.56 Å². The first-order chi connectivity index (χ1) is 16.6. The van der Waals surface area contributed by atoms with Gasteiger partial charge in [0.15, 0.2) is 5.65 Å². The van der Waals surface area contributed by atoms with Gasteiger partial charge in [0.2, 0.25) is 0 Å². The van der Waals surface area contributed by atoms with Gasteiger partial charge in [0.05, 0.1) is 23.1 Å². The van der Waals surface area contributed by atoms with Crippen molar-refractivity contribution in [1.82, 2.24) is 24.1 Å². The molecule has 0 spiro atoms. The van der Waals surface area contributed by atoms with E-state index >= 15 is 0 Å². The molecule has 1 fully saturated rings. The summed E-state index contributed by atoms with van der Waals surface area (Å²) >= 11 is 0. The van der Waals surface area contributed by atoms with Crippen LogP contribution in [0.15, 0.2) is 55.0 Å². The number of imidazole rings is 1. The number of anilines is 1. The van der Waals surface area contributed by atoms with Crippen molar-refractivity contribution < 1.29 is 4.39 Å². The smallest absolute Gasteiger partial charge is 0.167 e. The van der Waals surface area contributed by atoms with E-state index < -0.39 is 5.82 Å². The zero-order valence-corrected chi connectivity index (χ0v) is 18.7. The van der Waals surface area contributed by atoms with E-state index in [2.05, 4.69) is 9.88 Å². The molecular formula is C26H22FN7. The average molecular weight is 452 g/mol. The Kier molecular flexibility index (Phi) is 4.77. The fraction of sp³-hybridized carbons (Fsp3) is 0.231. The molecule has 5 aromatic rings. The molecule has 1 aromatic carbocycles. The Balaban J connectivity index is 1.62. The van der Waals surface area contributed by atoms with Crippen molar-refractivity contribution in [3.05, 3.63) is 66.4 Å². The lowest BCUT2D eigenvalue weighted by molar-refractivity contribution is 0.578. The molecular weight excluding hydrogens is 429 g/mol. The summed E-state index contributed by atoms with van der Waals surface area (Å²) in [5.74, 6) is -0.00751. The van der Waals surface area contributed by atoms with Crippen molar-refractivity contribution in [1.29, 1.82) is 5.26 Å². The molecule has 1 aliphatic rings. The van der Waals surface area contributed by atoms with E-state index in [9.17, 15) is 9.65 Å². The molecule has 0 saturated carbocycles. The molecule has 0 amide bonds. The number of fused-ring (bicyclic) bond motifs is 2. The summed E-state index contributed by atoms with van der Waals surface area (Å²) in [6.45, 7) is 1.95. The standard InChI is InChI=1S/C26H22FN7/c1-32-12-8-18-13-20(16-30-24(18)32)34-25(17-5-6-19(15-28)21(27)14-17)31-23-22(7-9-29-26(23)34)33-10-3-2-4-11-33/h5-9,12-14,16H,2-4,10-11H2,1H3. The molecule has 5 heterocycles. The van der Waals surface area contributed by atoms with Crippen LogP contribution >= 0.6 is 0 Å². The van der Waals surface area contributed by atoms with E-state index in [0.717, 1.165) is 53.9 Å². The Bertz CT molecular complexity index is 1580. The van der Waals surface area contributed by atoms with Crippen molar-refractivity contribution in [2.24, 2.45) is 7.05 Å². The number of benzene rings is 1. The minimum absolute atomic E-state index is 0.00548. The second-order valence-electron chi connectivity index (χ2n) is 8.66. The zero-order valence-electron chi connectivity index (χ0n) is 18.7. The molecule has 0 atom stereocenters. The highest BCUT2D eigenvalue weighted by Gasteiger charge is 2.22. The van der Waals surface area contributed by atoms with Crippen LogP contribution in [0, 0.1) is 17.1 Å². The largest absolute Gasteiger partial charge is 0.370 e. The van der Waals surface area contributed by atoms with E-state index in [1.54, 1.807) is 12.3 Å². The second kappa shape index (κ2) is 7.96. The molecule has 0 radical (unpaired) electrons. The van der Waals surface area contributed by atoms with Crippen LogP contribution in [0.5, 0.6) is 0 Å². The summed E-state index contributed by atoms with van der Waals surface area (Å²) in [7, 11) is 1.96. The maximum absolute atomic E-state index is 14.6. The van der Waals surface area contributed by atoms with Gasteiger partial charge in [0, 0.05) is 43.5 Å². The fourth-order valence-corrected chi connectivity index (χ4v) is 4.80. The fourth-order valence-electron chi connectivity index (χ4n) is 4.80. The highest BCUT2D eigenvalue weighted by Crippen LogP contribution is 2.34. The normalized spacial score (nSPS) is 14.1. The summed E-state index contributed by atoms with van der Waals surface area (Å²) < 4.78 is 18.5. The lowest BCUT2D eigenvalue weighted by atomic mass is 10.1. The van der Waals surface area contributed by atoms with Crippen LogP contribution in [0.4, 0.5) is 10.1 Å². The molecule has 4 aromatic heterocycles. The maximum Gasteiger partial charge on any atom is 0.167 e. The van der Waals surface area contributed by atoms with Crippen molar-refractivity contribution in [2.75, 3.05) is 18.0 Å². The third-order valence-corrected chi connectivity index (χ3v) is 6.52. The van der Waals surface area contributed by atoms with Crippen LogP contribution in [-0.4, -0.2) is 37.2 Å². The van der Waals surface area contributed by atoms with Crippen molar-refractivity contribution in [3.63, 3.8) is 0 Å². The Morgan fingerprint density at radius 3 is 2.65 bits per heavy atom. The summed E-state index contributed by atoms with van der Waals surface area (Å²) in [6, 6.07) is 12.5. The Labute approximate surface area is 195 Å².